The van der Waals surface area contributed by atoms with E-state index in [1.165, 1.54) is 18.4 Å². The van der Waals surface area contributed by atoms with Crippen LogP contribution in [0, 0.1) is 11.8 Å². The van der Waals surface area contributed by atoms with Crippen LogP contribution in [-0.2, 0) is 0 Å². The molecule has 1 aromatic rings. The fraction of sp³-hybridized carbons (Fsp3) is 0.667. The Kier molecular flexibility index (Phi) is 5.09. The summed E-state index contributed by atoms with van der Waals surface area (Å²) in [5.41, 5.74) is 1.27. The maximum Gasteiger partial charge on any atom is 0.124 e. The van der Waals surface area contributed by atoms with Crippen LogP contribution in [0.5, 0.6) is 5.75 Å². The van der Waals surface area contributed by atoms with Crippen LogP contribution in [0.15, 0.2) is 24.3 Å². The molecule has 1 aromatic carbocycles. The molecule has 2 rings (SSSR count). The van der Waals surface area contributed by atoms with Gasteiger partial charge in [0, 0.05) is 17.6 Å². The molecule has 0 bridgehead atoms. The molecule has 1 atom stereocenters. The van der Waals surface area contributed by atoms with Gasteiger partial charge in [0.1, 0.15) is 5.75 Å². The zero-order valence-electron chi connectivity index (χ0n) is 13.5. The second-order valence-corrected chi connectivity index (χ2v) is 6.77. The molecule has 0 saturated heterocycles. The lowest BCUT2D eigenvalue weighted by atomic mass is 9.73. The average molecular weight is 275 g/mol. The largest absolute Gasteiger partial charge is 0.491 e. The van der Waals surface area contributed by atoms with E-state index >= 15 is 0 Å². The molecule has 1 saturated carbocycles. The molecule has 2 nitrogen and oxygen atoms in total. The summed E-state index contributed by atoms with van der Waals surface area (Å²) in [4.78, 5) is 0. The lowest BCUT2D eigenvalue weighted by molar-refractivity contribution is 0.158. The van der Waals surface area contributed by atoms with E-state index in [9.17, 15) is 0 Å². The van der Waals surface area contributed by atoms with Crippen molar-refractivity contribution in [1.29, 1.82) is 0 Å². The van der Waals surface area contributed by atoms with E-state index in [4.69, 9.17) is 4.74 Å². The van der Waals surface area contributed by atoms with Crippen LogP contribution in [0.3, 0.4) is 0 Å². The van der Waals surface area contributed by atoms with Crippen molar-refractivity contribution in [3.63, 3.8) is 0 Å². The van der Waals surface area contributed by atoms with Crippen molar-refractivity contribution in [2.75, 3.05) is 0 Å². The number of hydrogen-bond acceptors (Lipinski definition) is 2. The third-order valence-corrected chi connectivity index (χ3v) is 4.35. The van der Waals surface area contributed by atoms with Crippen LogP contribution in [0.2, 0.25) is 0 Å². The Morgan fingerprint density at radius 2 is 1.70 bits per heavy atom. The average Bonchev–Trinajstić information content (AvgIpc) is 2.32. The van der Waals surface area contributed by atoms with E-state index in [0.29, 0.717) is 12.1 Å². The van der Waals surface area contributed by atoms with Gasteiger partial charge in [0.2, 0.25) is 0 Å². The van der Waals surface area contributed by atoms with Crippen molar-refractivity contribution in [3.05, 3.63) is 29.8 Å². The monoisotopic (exact) mass is 275 g/mol. The highest BCUT2D eigenvalue weighted by Crippen LogP contribution is 2.35. The Hall–Kier alpha value is -1.02. The minimum atomic E-state index is 0.220. The minimum Gasteiger partial charge on any atom is -0.491 e. The summed E-state index contributed by atoms with van der Waals surface area (Å²) in [6.07, 6.45) is 2.85. The van der Waals surface area contributed by atoms with Crippen LogP contribution in [0.4, 0.5) is 0 Å². The van der Waals surface area contributed by atoms with Gasteiger partial charge in [-0.3, -0.25) is 0 Å². The first-order valence-corrected chi connectivity index (χ1v) is 7.99. The van der Waals surface area contributed by atoms with E-state index in [1.807, 2.05) is 6.07 Å². The highest BCUT2D eigenvalue weighted by atomic mass is 16.5. The molecule has 1 fully saturated rings. The molecule has 2 heteroatoms. The van der Waals surface area contributed by atoms with Gasteiger partial charge in [-0.2, -0.15) is 0 Å². The molecule has 0 amide bonds. The summed E-state index contributed by atoms with van der Waals surface area (Å²) in [5.74, 6) is 2.74. The molecular weight excluding hydrogens is 246 g/mol. The number of para-hydroxylation sites is 1. The molecule has 1 unspecified atom stereocenters. The maximum atomic E-state index is 5.92. The number of rotatable bonds is 6. The summed E-state index contributed by atoms with van der Waals surface area (Å²) < 4.78 is 5.92. The number of ether oxygens (including phenoxy) is 1. The molecular formula is C18H29NO. The van der Waals surface area contributed by atoms with Crippen molar-refractivity contribution < 1.29 is 4.74 Å². The first-order valence-electron chi connectivity index (χ1n) is 7.99. The van der Waals surface area contributed by atoms with Crippen LogP contribution in [0.1, 0.15) is 59.1 Å². The van der Waals surface area contributed by atoms with Gasteiger partial charge in [-0.05, 0) is 51.5 Å². The quantitative estimate of drug-likeness (QED) is 0.822. The predicted molar refractivity (Wildman–Crippen MR) is 85.1 cm³/mol. The number of benzene rings is 1. The topological polar surface area (TPSA) is 21.3 Å². The number of hydrogen-bond donors (Lipinski definition) is 1. The van der Waals surface area contributed by atoms with Crippen molar-refractivity contribution in [2.24, 2.45) is 11.8 Å². The van der Waals surface area contributed by atoms with Crippen molar-refractivity contribution in [3.8, 4) is 5.75 Å². The predicted octanol–water partition coefficient (Wildman–Crippen LogP) is 4.56. The molecule has 1 aliphatic rings. The summed E-state index contributed by atoms with van der Waals surface area (Å²) >= 11 is 0. The van der Waals surface area contributed by atoms with Crippen LogP contribution in [-0.4, -0.2) is 12.1 Å². The highest BCUT2D eigenvalue weighted by molar-refractivity contribution is 5.35. The maximum absolute atomic E-state index is 5.92. The Balaban J connectivity index is 1.94. The Morgan fingerprint density at radius 3 is 2.30 bits per heavy atom. The van der Waals surface area contributed by atoms with Gasteiger partial charge in [0.15, 0.2) is 0 Å². The summed E-state index contributed by atoms with van der Waals surface area (Å²) in [6.45, 7) is 11.1. The second-order valence-electron chi connectivity index (χ2n) is 6.77. The molecule has 0 aromatic heterocycles. The smallest absolute Gasteiger partial charge is 0.124 e. The van der Waals surface area contributed by atoms with Crippen molar-refractivity contribution in [2.45, 2.75) is 65.6 Å². The lowest BCUT2D eigenvalue weighted by Crippen LogP contribution is -2.44. The normalized spacial score (nSPS) is 23.8. The van der Waals surface area contributed by atoms with E-state index < -0.39 is 0 Å². The van der Waals surface area contributed by atoms with Gasteiger partial charge >= 0.3 is 0 Å². The van der Waals surface area contributed by atoms with Crippen LogP contribution < -0.4 is 10.1 Å². The highest BCUT2D eigenvalue weighted by Gasteiger charge is 2.32. The van der Waals surface area contributed by atoms with Crippen LogP contribution in [0.25, 0.3) is 0 Å². The molecule has 20 heavy (non-hydrogen) atoms. The van der Waals surface area contributed by atoms with E-state index in [-0.39, 0.29) is 6.10 Å². The molecule has 0 spiro atoms. The van der Waals surface area contributed by atoms with E-state index in [0.717, 1.165) is 17.6 Å². The van der Waals surface area contributed by atoms with Gasteiger partial charge in [-0.25, -0.2) is 0 Å². The summed E-state index contributed by atoms with van der Waals surface area (Å²) in [7, 11) is 0. The third-order valence-electron chi connectivity index (χ3n) is 4.35. The summed E-state index contributed by atoms with van der Waals surface area (Å²) in [6, 6.07) is 9.41. The van der Waals surface area contributed by atoms with Crippen molar-refractivity contribution >= 4 is 0 Å². The molecule has 1 N–H and O–H groups in total. The van der Waals surface area contributed by atoms with Gasteiger partial charge < -0.3 is 10.1 Å². The molecule has 0 aliphatic heterocycles. The van der Waals surface area contributed by atoms with Crippen LogP contribution >= 0.6 is 0 Å². The summed E-state index contributed by atoms with van der Waals surface area (Å²) in [5, 5.41) is 3.75. The SMILES string of the molecule is CC(C)Oc1ccccc1C(C)NC1CC(C(C)C)C1. The Labute approximate surface area is 123 Å². The van der Waals surface area contributed by atoms with Gasteiger partial charge in [-0.15, -0.1) is 0 Å². The zero-order chi connectivity index (χ0) is 14.7. The fourth-order valence-corrected chi connectivity index (χ4v) is 2.99. The van der Waals surface area contributed by atoms with Gasteiger partial charge in [-0.1, -0.05) is 32.0 Å². The number of nitrogens with one attached hydrogen (secondary N) is 1. The minimum absolute atomic E-state index is 0.220. The fourth-order valence-electron chi connectivity index (χ4n) is 2.99. The standard InChI is InChI=1S/C18H29NO/c1-12(2)15-10-16(11-15)19-14(5)17-8-6-7-9-18(17)20-13(3)4/h6-9,12-16,19H,10-11H2,1-5H3. The lowest BCUT2D eigenvalue weighted by Gasteiger charge is -2.40. The first-order chi connectivity index (χ1) is 9.47. The molecule has 0 heterocycles. The third kappa shape index (κ3) is 3.76. The Morgan fingerprint density at radius 1 is 1.05 bits per heavy atom. The van der Waals surface area contributed by atoms with Gasteiger partial charge in [0.25, 0.3) is 0 Å². The molecule has 1 aliphatic carbocycles. The second kappa shape index (κ2) is 6.62. The zero-order valence-corrected chi connectivity index (χ0v) is 13.5. The molecule has 0 radical (unpaired) electrons. The van der Waals surface area contributed by atoms with Crippen molar-refractivity contribution in [1.82, 2.24) is 5.32 Å². The van der Waals surface area contributed by atoms with Gasteiger partial charge in [0.05, 0.1) is 6.10 Å². The van der Waals surface area contributed by atoms with E-state index in [2.05, 4.69) is 58.1 Å². The van der Waals surface area contributed by atoms with E-state index in [1.54, 1.807) is 0 Å². The first kappa shape index (κ1) is 15.4. The molecule has 112 valence electrons. The Bertz CT molecular complexity index is 421.